The molecule has 0 aliphatic carbocycles. The topological polar surface area (TPSA) is 95.4 Å². The highest BCUT2D eigenvalue weighted by atomic mass is 32.2. The molecule has 0 unspecified atom stereocenters. The third kappa shape index (κ3) is 3.39. The van der Waals surface area contributed by atoms with E-state index < -0.39 is 10.0 Å². The van der Waals surface area contributed by atoms with Crippen LogP contribution >= 0.6 is 0 Å². The molecule has 1 aromatic carbocycles. The summed E-state index contributed by atoms with van der Waals surface area (Å²) in [5, 5.41) is 5.07. The van der Waals surface area contributed by atoms with Crippen LogP contribution in [0.3, 0.4) is 0 Å². The molecule has 1 aromatic rings. The Morgan fingerprint density at radius 3 is 2.62 bits per heavy atom. The molecule has 0 aromatic heterocycles. The van der Waals surface area contributed by atoms with Gasteiger partial charge in [0.1, 0.15) is 10.6 Å². The first kappa shape index (κ1) is 12.8. The molecule has 90 valence electrons. The largest absolute Gasteiger partial charge is 0.492 e. The van der Waals surface area contributed by atoms with Crippen LogP contribution in [-0.4, -0.2) is 15.0 Å². The molecule has 0 saturated heterocycles. The Bertz CT molecular complexity index is 457. The van der Waals surface area contributed by atoms with Gasteiger partial charge in [0.05, 0.1) is 6.61 Å². The average Bonchev–Trinajstić information content (AvgIpc) is 2.19. The molecular weight excluding hydrogens is 228 g/mol. The minimum atomic E-state index is -3.80. The third-order valence-corrected chi connectivity index (χ3v) is 2.96. The van der Waals surface area contributed by atoms with Gasteiger partial charge < -0.3 is 10.5 Å². The minimum Gasteiger partial charge on any atom is -0.492 e. The Morgan fingerprint density at radius 1 is 1.38 bits per heavy atom. The predicted molar refractivity (Wildman–Crippen MR) is 62.6 cm³/mol. The van der Waals surface area contributed by atoms with Gasteiger partial charge in [0, 0.05) is 5.69 Å². The number of nitrogen functional groups attached to an aromatic ring is 1. The van der Waals surface area contributed by atoms with Gasteiger partial charge in [0.25, 0.3) is 0 Å². The van der Waals surface area contributed by atoms with Crippen LogP contribution in [0, 0.1) is 0 Å². The molecule has 0 bridgehead atoms. The van der Waals surface area contributed by atoms with E-state index in [1.165, 1.54) is 12.1 Å². The van der Waals surface area contributed by atoms with Crippen molar-refractivity contribution in [2.24, 2.45) is 5.14 Å². The SMILES string of the molecule is CCCCOc1ccc(N)cc1S(N)(=O)=O. The van der Waals surface area contributed by atoms with Crippen molar-refractivity contribution in [2.75, 3.05) is 12.3 Å². The second-order valence-corrected chi connectivity index (χ2v) is 4.98. The molecule has 1 rings (SSSR count). The van der Waals surface area contributed by atoms with Gasteiger partial charge in [-0.3, -0.25) is 0 Å². The van der Waals surface area contributed by atoms with Crippen molar-refractivity contribution in [2.45, 2.75) is 24.7 Å². The first-order valence-electron chi connectivity index (χ1n) is 5.00. The highest BCUT2D eigenvalue weighted by molar-refractivity contribution is 7.89. The summed E-state index contributed by atoms with van der Waals surface area (Å²) in [7, 11) is -3.80. The van der Waals surface area contributed by atoms with Gasteiger partial charge in [-0.15, -0.1) is 0 Å². The second-order valence-electron chi connectivity index (χ2n) is 3.45. The van der Waals surface area contributed by atoms with Crippen LogP contribution < -0.4 is 15.6 Å². The van der Waals surface area contributed by atoms with Crippen molar-refractivity contribution in [3.05, 3.63) is 18.2 Å². The number of hydrogen-bond donors (Lipinski definition) is 2. The Kier molecular flexibility index (Phi) is 4.14. The van der Waals surface area contributed by atoms with Crippen molar-refractivity contribution >= 4 is 15.7 Å². The molecule has 0 aliphatic rings. The zero-order valence-corrected chi connectivity index (χ0v) is 9.96. The van der Waals surface area contributed by atoms with Gasteiger partial charge in [0.15, 0.2) is 0 Å². The van der Waals surface area contributed by atoms with Crippen LogP contribution in [0.2, 0.25) is 0 Å². The summed E-state index contributed by atoms with van der Waals surface area (Å²) < 4.78 is 27.9. The standard InChI is InChI=1S/C10H16N2O3S/c1-2-3-6-15-9-5-4-8(11)7-10(9)16(12,13)14/h4-5,7H,2-3,6,11H2,1H3,(H2,12,13,14). The zero-order chi connectivity index (χ0) is 12.2. The lowest BCUT2D eigenvalue weighted by Crippen LogP contribution is -2.14. The molecule has 0 spiro atoms. The van der Waals surface area contributed by atoms with Crippen LogP contribution in [0.15, 0.2) is 23.1 Å². The number of rotatable bonds is 5. The predicted octanol–water partition coefficient (Wildman–Crippen LogP) is 1.10. The molecule has 0 radical (unpaired) electrons. The van der Waals surface area contributed by atoms with E-state index in [1.807, 2.05) is 6.92 Å². The number of hydrogen-bond acceptors (Lipinski definition) is 4. The second kappa shape index (κ2) is 5.18. The molecule has 0 saturated carbocycles. The van der Waals surface area contributed by atoms with Crippen LogP contribution in [0.4, 0.5) is 5.69 Å². The molecular formula is C10H16N2O3S. The summed E-state index contributed by atoms with van der Waals surface area (Å²) in [6, 6.07) is 4.40. The number of nitrogens with two attached hydrogens (primary N) is 2. The highest BCUT2D eigenvalue weighted by Gasteiger charge is 2.15. The smallest absolute Gasteiger partial charge is 0.241 e. The molecule has 0 aliphatic heterocycles. The Morgan fingerprint density at radius 2 is 2.06 bits per heavy atom. The van der Waals surface area contributed by atoms with Crippen LogP contribution in [0.25, 0.3) is 0 Å². The van der Waals surface area contributed by atoms with E-state index in [0.29, 0.717) is 12.3 Å². The maximum atomic E-state index is 11.3. The number of unbranched alkanes of at least 4 members (excludes halogenated alkanes) is 1. The van der Waals surface area contributed by atoms with Crippen molar-refractivity contribution in [3.63, 3.8) is 0 Å². The molecule has 5 nitrogen and oxygen atoms in total. The summed E-state index contributed by atoms with van der Waals surface area (Å²) >= 11 is 0. The number of sulfonamides is 1. The summed E-state index contributed by atoms with van der Waals surface area (Å²) in [4.78, 5) is -0.0661. The van der Waals surface area contributed by atoms with E-state index in [0.717, 1.165) is 12.8 Å². The monoisotopic (exact) mass is 244 g/mol. The molecule has 0 heterocycles. The van der Waals surface area contributed by atoms with Crippen molar-refractivity contribution in [3.8, 4) is 5.75 Å². The van der Waals surface area contributed by atoms with Crippen LogP contribution in [-0.2, 0) is 10.0 Å². The fraction of sp³-hybridized carbons (Fsp3) is 0.400. The Balaban J connectivity index is 2.99. The van der Waals surface area contributed by atoms with Crippen LogP contribution in [0.5, 0.6) is 5.75 Å². The maximum absolute atomic E-state index is 11.3. The van der Waals surface area contributed by atoms with Crippen molar-refractivity contribution in [1.82, 2.24) is 0 Å². The quantitative estimate of drug-likeness (QED) is 0.598. The molecule has 6 heteroatoms. The van der Waals surface area contributed by atoms with E-state index >= 15 is 0 Å². The third-order valence-electron chi connectivity index (χ3n) is 2.03. The average molecular weight is 244 g/mol. The van der Waals surface area contributed by atoms with Gasteiger partial charge >= 0.3 is 0 Å². The first-order chi connectivity index (χ1) is 7.45. The van der Waals surface area contributed by atoms with E-state index in [9.17, 15) is 8.42 Å². The summed E-state index contributed by atoms with van der Waals surface area (Å²) in [6.45, 7) is 2.48. The van der Waals surface area contributed by atoms with Gasteiger partial charge in [-0.05, 0) is 24.6 Å². The maximum Gasteiger partial charge on any atom is 0.241 e. The number of anilines is 1. The minimum absolute atomic E-state index is 0.0661. The van der Waals surface area contributed by atoms with Gasteiger partial charge in [-0.2, -0.15) is 0 Å². The summed E-state index contributed by atoms with van der Waals surface area (Å²) in [6.07, 6.45) is 1.83. The summed E-state index contributed by atoms with van der Waals surface area (Å²) in [5.74, 6) is 0.255. The van der Waals surface area contributed by atoms with Crippen LogP contribution in [0.1, 0.15) is 19.8 Å². The van der Waals surface area contributed by atoms with E-state index in [-0.39, 0.29) is 10.6 Å². The number of ether oxygens (including phenoxy) is 1. The van der Waals surface area contributed by atoms with E-state index in [2.05, 4.69) is 0 Å². The fourth-order valence-electron chi connectivity index (χ4n) is 1.19. The van der Waals surface area contributed by atoms with Crippen molar-refractivity contribution < 1.29 is 13.2 Å². The Hall–Kier alpha value is -1.27. The highest BCUT2D eigenvalue weighted by Crippen LogP contribution is 2.25. The zero-order valence-electron chi connectivity index (χ0n) is 9.14. The molecule has 0 atom stereocenters. The lowest BCUT2D eigenvalue weighted by Gasteiger charge is -2.10. The van der Waals surface area contributed by atoms with Gasteiger partial charge in [-0.25, -0.2) is 13.6 Å². The normalized spacial score (nSPS) is 11.4. The molecule has 0 amide bonds. The lowest BCUT2D eigenvalue weighted by molar-refractivity contribution is 0.301. The lowest BCUT2D eigenvalue weighted by atomic mass is 10.3. The first-order valence-corrected chi connectivity index (χ1v) is 6.55. The number of benzene rings is 1. The van der Waals surface area contributed by atoms with Gasteiger partial charge in [0.2, 0.25) is 10.0 Å². The van der Waals surface area contributed by atoms with Gasteiger partial charge in [-0.1, -0.05) is 13.3 Å². The van der Waals surface area contributed by atoms with Crippen molar-refractivity contribution in [1.29, 1.82) is 0 Å². The molecule has 0 fully saturated rings. The molecule has 4 N–H and O–H groups in total. The fourth-order valence-corrected chi connectivity index (χ4v) is 1.90. The summed E-state index contributed by atoms with van der Waals surface area (Å²) in [5.41, 5.74) is 5.84. The Labute approximate surface area is 95.4 Å². The van der Waals surface area contributed by atoms with E-state index in [1.54, 1.807) is 6.07 Å². The van der Waals surface area contributed by atoms with E-state index in [4.69, 9.17) is 15.6 Å². The number of primary sulfonamides is 1. The molecule has 16 heavy (non-hydrogen) atoms.